The summed E-state index contributed by atoms with van der Waals surface area (Å²) in [5.41, 5.74) is 0. The molecule has 5 aromatic rings. The summed E-state index contributed by atoms with van der Waals surface area (Å²) in [6.45, 7) is 2.29. The minimum absolute atomic E-state index is 0.0816. The third-order valence-corrected chi connectivity index (χ3v) is 12.6. The molecule has 2 aromatic carbocycles. The molecule has 0 unspecified atom stereocenters. The van der Waals surface area contributed by atoms with Crippen molar-refractivity contribution in [1.29, 1.82) is 0 Å². The summed E-state index contributed by atoms with van der Waals surface area (Å²) < 4.78 is 7.16. The molecule has 0 atom stereocenters. The summed E-state index contributed by atoms with van der Waals surface area (Å²) in [5.74, 6) is 0. The number of aryl methyl sites for hydroxylation is 1. The van der Waals surface area contributed by atoms with Crippen LogP contribution in [0, 0.1) is 0 Å². The van der Waals surface area contributed by atoms with Gasteiger partial charge in [-0.15, -0.1) is 0 Å². The molecule has 0 radical (unpaired) electrons. The number of rotatable bonds is 10. The van der Waals surface area contributed by atoms with Crippen LogP contribution in [0.2, 0.25) is 0 Å². The Morgan fingerprint density at radius 1 is 0.742 bits per heavy atom. The number of fused-ring (bicyclic) bond motifs is 3. The molecule has 0 nitrogen and oxygen atoms in total. The van der Waals surface area contributed by atoms with Gasteiger partial charge in [-0.3, -0.25) is 0 Å². The van der Waals surface area contributed by atoms with Crippen LogP contribution in [0.3, 0.4) is 0 Å². The van der Waals surface area contributed by atoms with Crippen molar-refractivity contribution in [2.75, 3.05) is 0 Å². The SMILES string of the molecule is CCCCCCCCCCc1ccc(-c2cc3cc4cc5cc[te]c5cc4cc3[se]2)s1. The van der Waals surface area contributed by atoms with Crippen molar-refractivity contribution in [3.8, 4) is 9.31 Å². The van der Waals surface area contributed by atoms with Crippen LogP contribution in [0.5, 0.6) is 0 Å². The number of unbranched alkanes of at least 4 members (excludes halogenated alkanes) is 7. The fourth-order valence-corrected chi connectivity index (χ4v) is 10.3. The Morgan fingerprint density at radius 2 is 1.52 bits per heavy atom. The van der Waals surface area contributed by atoms with E-state index in [1.165, 1.54) is 84.2 Å². The van der Waals surface area contributed by atoms with Gasteiger partial charge in [-0.2, -0.15) is 0 Å². The van der Waals surface area contributed by atoms with E-state index in [1.54, 1.807) is 17.0 Å². The van der Waals surface area contributed by atoms with Crippen molar-refractivity contribution in [3.05, 3.63) is 57.5 Å². The van der Waals surface area contributed by atoms with Gasteiger partial charge in [0.05, 0.1) is 0 Å². The first-order valence-corrected chi connectivity index (χ1v) is 16.8. The summed E-state index contributed by atoms with van der Waals surface area (Å²) >= 11 is 2.40. The molecule has 0 aliphatic carbocycles. The van der Waals surface area contributed by atoms with Gasteiger partial charge in [-0.05, 0) is 0 Å². The molecular weight excluding hydrogens is 575 g/mol. The monoisotopic (exact) mass is 608 g/mol. The number of benzene rings is 2. The first-order valence-electron chi connectivity index (χ1n) is 11.7. The first kappa shape index (κ1) is 22.0. The standard InChI is InChI=1S/C28H30SSeTe/c1-2-3-4-5-6-7-8-9-10-24-11-12-25(29-24)27-18-23-16-21-15-20-13-14-31-28(20)19-22(21)17-26(23)30-27/h11-19H,2-10H2,1H3. The molecule has 0 spiro atoms. The van der Waals surface area contributed by atoms with Gasteiger partial charge in [0, 0.05) is 0 Å². The Kier molecular flexibility index (Phi) is 7.39. The van der Waals surface area contributed by atoms with E-state index in [1.807, 2.05) is 11.3 Å². The van der Waals surface area contributed by atoms with Crippen LogP contribution >= 0.6 is 11.3 Å². The van der Waals surface area contributed by atoms with Gasteiger partial charge in [-0.25, -0.2) is 0 Å². The van der Waals surface area contributed by atoms with Gasteiger partial charge in [0.25, 0.3) is 0 Å². The summed E-state index contributed by atoms with van der Waals surface area (Å²) in [6.07, 6.45) is 12.5. The van der Waals surface area contributed by atoms with Crippen molar-refractivity contribution in [2.24, 2.45) is 0 Å². The van der Waals surface area contributed by atoms with Crippen LogP contribution in [0.15, 0.2) is 52.6 Å². The number of thiophene rings is 1. The number of hydrogen-bond donors (Lipinski definition) is 0. The third-order valence-electron chi connectivity index (χ3n) is 6.23. The third kappa shape index (κ3) is 5.24. The van der Waals surface area contributed by atoms with Crippen LogP contribution in [0.4, 0.5) is 0 Å². The molecule has 5 rings (SSSR count). The topological polar surface area (TPSA) is 0 Å². The molecule has 0 amide bonds. The van der Waals surface area contributed by atoms with Gasteiger partial charge in [0.15, 0.2) is 0 Å². The molecule has 0 saturated heterocycles. The molecule has 3 aromatic heterocycles. The molecule has 3 heteroatoms. The predicted octanol–water partition coefficient (Wildman–Crippen LogP) is 8.67. The Hall–Kier alpha value is -0.811. The maximum absolute atomic E-state index is 2.48. The van der Waals surface area contributed by atoms with Crippen molar-refractivity contribution in [1.82, 2.24) is 0 Å². The molecule has 0 saturated carbocycles. The first-order chi connectivity index (χ1) is 15.3. The zero-order valence-corrected chi connectivity index (χ0v) is 23.1. The molecular formula is C28H30SSeTe. The summed E-state index contributed by atoms with van der Waals surface area (Å²) in [6, 6.07) is 19.4. The van der Waals surface area contributed by atoms with Crippen LogP contribution in [-0.4, -0.2) is 34.9 Å². The van der Waals surface area contributed by atoms with Gasteiger partial charge in [-0.1, -0.05) is 13.3 Å². The van der Waals surface area contributed by atoms with E-state index in [9.17, 15) is 0 Å². The Bertz CT molecular complexity index is 1220. The van der Waals surface area contributed by atoms with Crippen LogP contribution in [0.25, 0.3) is 38.5 Å². The normalized spacial score (nSPS) is 11.9. The molecule has 3 heterocycles. The van der Waals surface area contributed by atoms with Crippen LogP contribution < -0.4 is 0 Å². The molecule has 0 fully saturated rings. The van der Waals surface area contributed by atoms with Gasteiger partial charge in [0.1, 0.15) is 0 Å². The molecule has 160 valence electrons. The van der Waals surface area contributed by atoms with Gasteiger partial charge in [0.2, 0.25) is 0 Å². The van der Waals surface area contributed by atoms with Crippen molar-refractivity contribution in [3.63, 3.8) is 0 Å². The van der Waals surface area contributed by atoms with Gasteiger partial charge < -0.3 is 0 Å². The predicted molar refractivity (Wildman–Crippen MR) is 142 cm³/mol. The number of hydrogen-bond acceptors (Lipinski definition) is 1. The second-order valence-corrected chi connectivity index (χ2v) is 14.8. The fraction of sp³-hybridized carbons (Fsp3) is 0.357. The summed E-state index contributed by atoms with van der Waals surface area (Å²) in [4.78, 5) is 3.08. The average Bonchev–Trinajstić information content (AvgIpc) is 3.51. The Morgan fingerprint density at radius 3 is 2.39 bits per heavy atom. The maximum atomic E-state index is 2.48. The van der Waals surface area contributed by atoms with E-state index in [0.717, 1.165) is 0 Å². The molecule has 0 N–H and O–H groups in total. The second-order valence-electron chi connectivity index (χ2n) is 8.65. The van der Waals surface area contributed by atoms with Crippen molar-refractivity contribution in [2.45, 2.75) is 64.7 Å². The Balaban J connectivity index is 1.24. The zero-order chi connectivity index (χ0) is 21.0. The molecule has 0 bridgehead atoms. The van der Waals surface area contributed by atoms with E-state index < -0.39 is 0 Å². The summed E-state index contributed by atoms with van der Waals surface area (Å²) in [7, 11) is 0. The van der Waals surface area contributed by atoms with E-state index in [2.05, 4.69) is 59.5 Å². The van der Waals surface area contributed by atoms with Crippen molar-refractivity contribution >= 4 is 75.5 Å². The van der Waals surface area contributed by atoms with E-state index in [-0.39, 0.29) is 20.4 Å². The van der Waals surface area contributed by atoms with Crippen LogP contribution in [-0.2, 0) is 6.42 Å². The minimum atomic E-state index is -0.0816. The summed E-state index contributed by atoms with van der Waals surface area (Å²) in [5, 5.41) is 5.78. The molecule has 0 aliphatic rings. The van der Waals surface area contributed by atoms with E-state index in [0.29, 0.717) is 14.5 Å². The fourth-order valence-electron chi connectivity index (χ4n) is 4.45. The second kappa shape index (κ2) is 10.4. The molecule has 31 heavy (non-hydrogen) atoms. The Labute approximate surface area is 205 Å². The average molecular weight is 605 g/mol. The van der Waals surface area contributed by atoms with Crippen molar-refractivity contribution < 1.29 is 0 Å². The quantitative estimate of drug-likeness (QED) is 0.111. The van der Waals surface area contributed by atoms with E-state index in [4.69, 9.17) is 0 Å². The van der Waals surface area contributed by atoms with Crippen LogP contribution in [0.1, 0.15) is 63.2 Å². The zero-order valence-electron chi connectivity index (χ0n) is 18.3. The van der Waals surface area contributed by atoms with E-state index >= 15 is 0 Å². The van der Waals surface area contributed by atoms with Gasteiger partial charge >= 0.3 is 194 Å². The molecule has 0 aliphatic heterocycles.